The first-order chi connectivity index (χ1) is 8.16. The van der Waals surface area contributed by atoms with Crippen LogP contribution in [0.2, 0.25) is 0 Å². The van der Waals surface area contributed by atoms with Crippen molar-refractivity contribution < 1.29 is 0 Å². The van der Waals surface area contributed by atoms with E-state index >= 15 is 0 Å². The number of nitrogens with two attached hydrogens (primary N) is 1. The molecule has 0 spiro atoms. The number of rotatable bonds is 4. The summed E-state index contributed by atoms with van der Waals surface area (Å²) in [6.07, 6.45) is 1.84. The number of thiazole rings is 1. The quantitative estimate of drug-likeness (QED) is 0.844. The maximum absolute atomic E-state index is 5.80. The summed E-state index contributed by atoms with van der Waals surface area (Å²) in [4.78, 5) is 6.65. The van der Waals surface area contributed by atoms with Crippen LogP contribution in [0, 0.1) is 0 Å². The Morgan fingerprint density at radius 1 is 1.41 bits per heavy atom. The Balaban J connectivity index is 2.19. The molecule has 1 aromatic carbocycles. The maximum Gasteiger partial charge on any atom is 0.185 e. The number of nitrogens with zero attached hydrogens (tertiary/aromatic N) is 2. The van der Waals surface area contributed by atoms with Gasteiger partial charge in [0, 0.05) is 29.9 Å². The minimum absolute atomic E-state index is 0.419. The van der Waals surface area contributed by atoms with Gasteiger partial charge in [-0.15, -0.1) is 11.3 Å². The van der Waals surface area contributed by atoms with Gasteiger partial charge in [-0.3, -0.25) is 0 Å². The highest BCUT2D eigenvalue weighted by Crippen LogP contribution is 2.22. The van der Waals surface area contributed by atoms with E-state index in [-0.39, 0.29) is 0 Å². The van der Waals surface area contributed by atoms with Gasteiger partial charge in [0.2, 0.25) is 0 Å². The molecule has 0 fully saturated rings. The SMILES string of the molecule is CC(C)N(Cc1cccc(N)c1)c1nccs1. The van der Waals surface area contributed by atoms with Crippen molar-refractivity contribution in [3.05, 3.63) is 41.4 Å². The standard InChI is InChI=1S/C13H17N3S/c1-10(2)16(13-15-6-7-17-13)9-11-4-3-5-12(14)8-11/h3-8,10H,9,14H2,1-2H3. The van der Waals surface area contributed by atoms with Gasteiger partial charge in [-0.25, -0.2) is 4.98 Å². The molecule has 3 nitrogen and oxygen atoms in total. The van der Waals surface area contributed by atoms with Crippen molar-refractivity contribution in [3.8, 4) is 0 Å². The molecular formula is C13H17N3S. The van der Waals surface area contributed by atoms with Gasteiger partial charge in [-0.2, -0.15) is 0 Å². The van der Waals surface area contributed by atoms with E-state index in [1.54, 1.807) is 11.3 Å². The van der Waals surface area contributed by atoms with Crippen LogP contribution >= 0.6 is 11.3 Å². The molecule has 0 aliphatic carbocycles. The molecular weight excluding hydrogens is 230 g/mol. The number of benzene rings is 1. The van der Waals surface area contributed by atoms with Crippen molar-refractivity contribution in [1.29, 1.82) is 0 Å². The highest BCUT2D eigenvalue weighted by Gasteiger charge is 2.13. The molecule has 0 aliphatic heterocycles. The van der Waals surface area contributed by atoms with Crippen LogP contribution in [0.25, 0.3) is 0 Å². The minimum Gasteiger partial charge on any atom is -0.399 e. The van der Waals surface area contributed by atoms with Gasteiger partial charge in [0.05, 0.1) is 0 Å². The van der Waals surface area contributed by atoms with Gasteiger partial charge >= 0.3 is 0 Å². The molecule has 0 bridgehead atoms. The molecule has 2 aromatic rings. The van der Waals surface area contributed by atoms with Gasteiger partial charge in [0.25, 0.3) is 0 Å². The summed E-state index contributed by atoms with van der Waals surface area (Å²) in [5.74, 6) is 0. The molecule has 0 unspecified atom stereocenters. The van der Waals surface area contributed by atoms with E-state index in [0.29, 0.717) is 6.04 Å². The van der Waals surface area contributed by atoms with Crippen molar-refractivity contribution in [2.75, 3.05) is 10.6 Å². The van der Waals surface area contributed by atoms with E-state index in [4.69, 9.17) is 5.73 Å². The second-order valence-corrected chi connectivity index (χ2v) is 5.15. The summed E-state index contributed by atoms with van der Waals surface area (Å²) in [7, 11) is 0. The summed E-state index contributed by atoms with van der Waals surface area (Å²) >= 11 is 1.67. The molecule has 2 rings (SSSR count). The summed E-state index contributed by atoms with van der Waals surface area (Å²) < 4.78 is 0. The molecule has 4 heteroatoms. The predicted octanol–water partition coefficient (Wildman–Crippen LogP) is 3.14. The van der Waals surface area contributed by atoms with Gasteiger partial charge in [0.15, 0.2) is 5.13 Å². The van der Waals surface area contributed by atoms with Crippen molar-refractivity contribution in [2.24, 2.45) is 0 Å². The molecule has 0 saturated heterocycles. The first kappa shape index (κ1) is 11.9. The van der Waals surface area contributed by atoms with Crippen LogP contribution < -0.4 is 10.6 Å². The highest BCUT2D eigenvalue weighted by molar-refractivity contribution is 7.13. The lowest BCUT2D eigenvalue weighted by Gasteiger charge is -2.26. The van der Waals surface area contributed by atoms with E-state index in [0.717, 1.165) is 17.4 Å². The number of anilines is 2. The van der Waals surface area contributed by atoms with Crippen LogP contribution in [0.3, 0.4) is 0 Å². The average molecular weight is 247 g/mol. The lowest BCUT2D eigenvalue weighted by molar-refractivity contribution is 0.680. The van der Waals surface area contributed by atoms with Gasteiger partial charge in [-0.1, -0.05) is 12.1 Å². The molecule has 1 aromatic heterocycles. The molecule has 0 saturated carbocycles. The fourth-order valence-corrected chi connectivity index (χ4v) is 2.49. The number of nitrogen functional groups attached to an aromatic ring is 1. The predicted molar refractivity (Wildman–Crippen MR) is 74.3 cm³/mol. The maximum atomic E-state index is 5.80. The third-order valence-electron chi connectivity index (χ3n) is 2.59. The fourth-order valence-electron chi connectivity index (χ4n) is 1.72. The first-order valence-electron chi connectivity index (χ1n) is 5.67. The van der Waals surface area contributed by atoms with Crippen molar-refractivity contribution >= 4 is 22.2 Å². The summed E-state index contributed by atoms with van der Waals surface area (Å²) in [5, 5.41) is 3.06. The lowest BCUT2D eigenvalue weighted by atomic mass is 10.2. The van der Waals surface area contributed by atoms with Crippen molar-refractivity contribution in [3.63, 3.8) is 0 Å². The molecule has 0 aliphatic rings. The van der Waals surface area contributed by atoms with Crippen LogP contribution in [-0.4, -0.2) is 11.0 Å². The topological polar surface area (TPSA) is 42.1 Å². The first-order valence-corrected chi connectivity index (χ1v) is 6.55. The Hall–Kier alpha value is -1.55. The second-order valence-electron chi connectivity index (χ2n) is 4.28. The molecule has 90 valence electrons. The van der Waals surface area contributed by atoms with Gasteiger partial charge in [-0.05, 0) is 31.5 Å². The molecule has 1 heterocycles. The van der Waals surface area contributed by atoms with Crippen molar-refractivity contribution in [1.82, 2.24) is 4.98 Å². The van der Waals surface area contributed by atoms with Crippen LogP contribution in [0.1, 0.15) is 19.4 Å². The normalized spacial score (nSPS) is 10.8. The zero-order valence-electron chi connectivity index (χ0n) is 10.1. The number of hydrogen-bond acceptors (Lipinski definition) is 4. The number of aromatic nitrogens is 1. The van der Waals surface area contributed by atoms with E-state index in [2.05, 4.69) is 29.8 Å². The van der Waals surface area contributed by atoms with E-state index in [1.807, 2.05) is 29.8 Å². The molecule has 17 heavy (non-hydrogen) atoms. The lowest BCUT2D eigenvalue weighted by Crippen LogP contribution is -2.29. The summed E-state index contributed by atoms with van der Waals surface area (Å²) in [6, 6.07) is 8.43. The summed E-state index contributed by atoms with van der Waals surface area (Å²) in [6.45, 7) is 5.19. The fraction of sp³-hybridized carbons (Fsp3) is 0.308. The second kappa shape index (κ2) is 5.19. The Kier molecular flexibility index (Phi) is 3.64. The van der Waals surface area contributed by atoms with Gasteiger partial charge < -0.3 is 10.6 Å². The molecule has 2 N–H and O–H groups in total. The third-order valence-corrected chi connectivity index (χ3v) is 3.40. The molecule has 0 radical (unpaired) electrons. The Bertz CT molecular complexity index is 465. The number of hydrogen-bond donors (Lipinski definition) is 1. The van der Waals surface area contributed by atoms with Crippen LogP contribution in [-0.2, 0) is 6.54 Å². The van der Waals surface area contributed by atoms with E-state index in [1.165, 1.54) is 5.56 Å². The average Bonchev–Trinajstić information content (AvgIpc) is 2.78. The van der Waals surface area contributed by atoms with E-state index < -0.39 is 0 Å². The van der Waals surface area contributed by atoms with Crippen LogP contribution in [0.15, 0.2) is 35.8 Å². The largest absolute Gasteiger partial charge is 0.399 e. The van der Waals surface area contributed by atoms with Gasteiger partial charge in [0.1, 0.15) is 0 Å². The van der Waals surface area contributed by atoms with Crippen LogP contribution in [0.4, 0.5) is 10.8 Å². The Morgan fingerprint density at radius 3 is 2.82 bits per heavy atom. The highest BCUT2D eigenvalue weighted by atomic mass is 32.1. The Labute approximate surface area is 106 Å². The summed E-state index contributed by atoms with van der Waals surface area (Å²) in [5.41, 5.74) is 7.82. The zero-order chi connectivity index (χ0) is 12.3. The minimum atomic E-state index is 0.419. The molecule has 0 atom stereocenters. The smallest absolute Gasteiger partial charge is 0.185 e. The van der Waals surface area contributed by atoms with Crippen LogP contribution in [0.5, 0.6) is 0 Å². The molecule has 0 amide bonds. The third kappa shape index (κ3) is 2.97. The Morgan fingerprint density at radius 2 is 2.24 bits per heavy atom. The monoisotopic (exact) mass is 247 g/mol. The van der Waals surface area contributed by atoms with Crippen molar-refractivity contribution in [2.45, 2.75) is 26.4 Å². The van der Waals surface area contributed by atoms with E-state index in [9.17, 15) is 0 Å². The zero-order valence-corrected chi connectivity index (χ0v) is 10.9.